The third-order valence-electron chi connectivity index (χ3n) is 3.82. The van der Waals surface area contributed by atoms with Gasteiger partial charge in [-0.3, -0.25) is 9.69 Å². The molecule has 0 aliphatic carbocycles. The largest absolute Gasteiger partial charge is 0.284 e. The molecule has 0 fully saturated rings. The van der Waals surface area contributed by atoms with Gasteiger partial charge in [0.25, 0.3) is 5.91 Å². The normalized spacial score (nSPS) is 11.8. The maximum atomic E-state index is 13.1. The Balaban J connectivity index is 2.04. The van der Waals surface area contributed by atoms with Gasteiger partial charge < -0.3 is 0 Å². The van der Waals surface area contributed by atoms with E-state index in [4.69, 9.17) is 0 Å². The average Bonchev–Trinajstić information content (AvgIpc) is 3.02. The number of nitrogens with zero attached hydrogens (tertiary/aromatic N) is 2. The Morgan fingerprint density at radius 2 is 1.88 bits per heavy atom. The Kier molecular flexibility index (Phi) is 5.11. The molecule has 2 aromatic carbocycles. The Hall–Kier alpha value is -2.25. The third-order valence-corrected chi connectivity index (χ3v) is 5.99. The van der Waals surface area contributed by atoms with Gasteiger partial charge in [-0.05, 0) is 36.2 Å². The number of rotatable bonds is 5. The van der Waals surface area contributed by atoms with E-state index in [-0.39, 0.29) is 16.7 Å². The number of anilines is 1. The van der Waals surface area contributed by atoms with Crippen LogP contribution in [-0.2, 0) is 9.84 Å². The van der Waals surface area contributed by atoms with Crippen LogP contribution in [0.1, 0.15) is 24.2 Å². The molecule has 3 rings (SSSR count). The molecule has 0 saturated carbocycles. The van der Waals surface area contributed by atoms with Gasteiger partial charge in [0.1, 0.15) is 0 Å². The maximum Gasteiger partial charge on any atom is 0.260 e. The zero-order valence-corrected chi connectivity index (χ0v) is 16.5. The van der Waals surface area contributed by atoms with Crippen molar-refractivity contribution in [1.29, 1.82) is 0 Å². The molecule has 26 heavy (non-hydrogen) atoms. The first-order chi connectivity index (χ1) is 12.3. The summed E-state index contributed by atoms with van der Waals surface area (Å²) in [4.78, 5) is 19.5. The van der Waals surface area contributed by atoms with Crippen LogP contribution in [0.5, 0.6) is 0 Å². The van der Waals surface area contributed by atoms with Crippen LogP contribution in [0.4, 0.5) is 5.13 Å². The second-order valence-corrected chi connectivity index (χ2v) is 9.60. The van der Waals surface area contributed by atoms with E-state index in [1.54, 1.807) is 17.0 Å². The van der Waals surface area contributed by atoms with Crippen LogP contribution >= 0.6 is 11.3 Å². The van der Waals surface area contributed by atoms with Gasteiger partial charge in [-0.25, -0.2) is 13.4 Å². The van der Waals surface area contributed by atoms with Crippen molar-refractivity contribution in [3.05, 3.63) is 54.1 Å². The lowest BCUT2D eigenvalue weighted by Gasteiger charge is -2.22. The summed E-state index contributed by atoms with van der Waals surface area (Å²) in [5.41, 5.74) is 1.19. The molecule has 0 bridgehead atoms. The Labute approximate surface area is 157 Å². The minimum atomic E-state index is -3.38. The number of amides is 1. The average molecular weight is 389 g/mol. The number of thiazole rings is 1. The van der Waals surface area contributed by atoms with Crippen LogP contribution in [0, 0.1) is 5.92 Å². The fraction of sp³-hybridized carbons (Fsp3) is 0.263. The fourth-order valence-corrected chi connectivity index (χ4v) is 4.24. The smallest absolute Gasteiger partial charge is 0.260 e. The van der Waals surface area contributed by atoms with Gasteiger partial charge in [-0.15, -0.1) is 0 Å². The molecule has 1 amide bonds. The van der Waals surface area contributed by atoms with E-state index in [2.05, 4.69) is 4.98 Å². The number of fused-ring (bicyclic) bond motifs is 1. The summed E-state index contributed by atoms with van der Waals surface area (Å²) in [5, 5.41) is 0.620. The number of carbonyl (C=O) groups is 1. The molecule has 5 nitrogen and oxygen atoms in total. The number of hydrogen-bond donors (Lipinski definition) is 0. The molecule has 3 aromatic rings. The first kappa shape index (κ1) is 18.5. The first-order valence-electron chi connectivity index (χ1n) is 8.23. The van der Waals surface area contributed by atoms with Gasteiger partial charge in [0.2, 0.25) is 0 Å². The second-order valence-electron chi connectivity index (χ2n) is 6.57. The highest BCUT2D eigenvalue weighted by molar-refractivity contribution is 7.90. The predicted octanol–water partition coefficient (Wildman–Crippen LogP) is 4.00. The van der Waals surface area contributed by atoms with Crippen LogP contribution in [0.2, 0.25) is 0 Å². The maximum absolute atomic E-state index is 13.1. The van der Waals surface area contributed by atoms with Crippen LogP contribution in [0.25, 0.3) is 10.2 Å². The van der Waals surface area contributed by atoms with E-state index in [9.17, 15) is 13.2 Å². The Morgan fingerprint density at radius 1 is 1.15 bits per heavy atom. The summed E-state index contributed by atoms with van der Waals surface area (Å²) < 4.78 is 24.6. The highest BCUT2D eigenvalue weighted by atomic mass is 32.2. The van der Waals surface area contributed by atoms with Gasteiger partial charge in [-0.1, -0.05) is 43.4 Å². The lowest BCUT2D eigenvalue weighted by molar-refractivity contribution is 0.0983. The van der Waals surface area contributed by atoms with Crippen LogP contribution in [0.15, 0.2) is 53.4 Å². The second kappa shape index (κ2) is 7.17. The Bertz CT molecular complexity index is 1020. The topological polar surface area (TPSA) is 67.3 Å². The van der Waals surface area contributed by atoms with E-state index in [0.717, 1.165) is 16.5 Å². The number of carbonyl (C=O) groups excluding carboxylic acids is 1. The minimum Gasteiger partial charge on any atom is -0.284 e. The lowest BCUT2D eigenvalue weighted by atomic mass is 10.1. The fourth-order valence-electron chi connectivity index (χ4n) is 2.60. The molecule has 0 spiro atoms. The molecule has 0 radical (unpaired) electrons. The zero-order chi connectivity index (χ0) is 18.9. The van der Waals surface area contributed by atoms with E-state index in [0.29, 0.717) is 17.2 Å². The number of benzene rings is 2. The molecule has 0 unspecified atom stereocenters. The molecule has 7 heteroatoms. The summed E-state index contributed by atoms with van der Waals surface area (Å²) in [7, 11) is -3.38. The van der Waals surface area contributed by atoms with Gasteiger partial charge in [-0.2, -0.15) is 0 Å². The highest BCUT2D eigenvalue weighted by Crippen LogP contribution is 2.30. The van der Waals surface area contributed by atoms with Crippen molar-refractivity contribution < 1.29 is 13.2 Å². The molecular formula is C19H20N2O3S2. The van der Waals surface area contributed by atoms with Gasteiger partial charge in [0, 0.05) is 18.4 Å². The van der Waals surface area contributed by atoms with E-state index in [1.165, 1.54) is 23.5 Å². The molecule has 0 aliphatic rings. The van der Waals surface area contributed by atoms with Crippen LogP contribution < -0.4 is 4.90 Å². The summed E-state index contributed by atoms with van der Waals surface area (Å²) in [5.74, 6) is -0.00712. The van der Waals surface area contributed by atoms with Crippen molar-refractivity contribution in [3.63, 3.8) is 0 Å². The van der Waals surface area contributed by atoms with E-state index < -0.39 is 9.84 Å². The van der Waals surface area contributed by atoms with E-state index in [1.807, 2.05) is 38.1 Å². The number of para-hydroxylation sites is 1. The molecule has 0 aliphatic heterocycles. The summed E-state index contributed by atoms with van der Waals surface area (Å²) in [6.07, 6.45) is 1.13. The highest BCUT2D eigenvalue weighted by Gasteiger charge is 2.23. The molecule has 1 aromatic heterocycles. The summed E-state index contributed by atoms with van der Waals surface area (Å²) in [6.45, 7) is 4.56. The van der Waals surface area contributed by atoms with Crippen LogP contribution in [-0.4, -0.2) is 32.1 Å². The van der Waals surface area contributed by atoms with Crippen molar-refractivity contribution in [1.82, 2.24) is 4.98 Å². The predicted molar refractivity (Wildman–Crippen MR) is 106 cm³/mol. The monoisotopic (exact) mass is 388 g/mol. The molecule has 136 valence electrons. The van der Waals surface area contributed by atoms with Crippen LogP contribution in [0.3, 0.4) is 0 Å². The van der Waals surface area contributed by atoms with E-state index >= 15 is 0 Å². The molecular weight excluding hydrogens is 368 g/mol. The first-order valence-corrected chi connectivity index (χ1v) is 10.9. The zero-order valence-electron chi connectivity index (χ0n) is 14.8. The number of hydrogen-bond acceptors (Lipinski definition) is 5. The summed E-state index contributed by atoms with van der Waals surface area (Å²) in [6, 6.07) is 13.9. The number of sulfone groups is 1. The van der Waals surface area contributed by atoms with Gasteiger partial charge >= 0.3 is 0 Å². The van der Waals surface area contributed by atoms with Crippen molar-refractivity contribution in [2.45, 2.75) is 18.7 Å². The molecule has 0 atom stereocenters. The van der Waals surface area contributed by atoms with Gasteiger partial charge in [0.15, 0.2) is 15.0 Å². The third kappa shape index (κ3) is 3.94. The number of aromatic nitrogens is 1. The van der Waals surface area contributed by atoms with Crippen molar-refractivity contribution in [3.8, 4) is 0 Å². The Morgan fingerprint density at radius 3 is 2.54 bits per heavy atom. The molecule has 0 N–H and O–H groups in total. The molecule has 1 heterocycles. The SMILES string of the molecule is CC(C)CN(C(=O)c1cccc(S(C)(=O)=O)c1)c1nc2ccccc2s1. The van der Waals surface area contributed by atoms with Gasteiger partial charge in [0.05, 0.1) is 15.1 Å². The summed E-state index contributed by atoms with van der Waals surface area (Å²) >= 11 is 1.46. The van der Waals surface area contributed by atoms with Crippen molar-refractivity contribution >= 4 is 42.4 Å². The molecule has 0 saturated heterocycles. The quantitative estimate of drug-likeness (QED) is 0.662. The lowest BCUT2D eigenvalue weighted by Crippen LogP contribution is -2.34. The minimum absolute atomic E-state index is 0.136. The standard InChI is InChI=1S/C19H20N2O3S2/c1-13(2)12-21(19-20-16-9-4-5-10-17(16)25-19)18(22)14-7-6-8-15(11-14)26(3,23)24/h4-11,13H,12H2,1-3H3. The van der Waals surface area contributed by atoms with Crippen molar-refractivity contribution in [2.24, 2.45) is 5.92 Å². The van der Waals surface area contributed by atoms with Crippen molar-refractivity contribution in [2.75, 3.05) is 17.7 Å².